The van der Waals surface area contributed by atoms with Crippen molar-refractivity contribution >= 4 is 38.9 Å². The molecular weight excluding hydrogens is 857 g/mol. The molecule has 12 aromatic rings. The van der Waals surface area contributed by atoms with Crippen molar-refractivity contribution in [1.29, 1.82) is 0 Å². The minimum atomic E-state index is -0.115. The topological polar surface area (TPSA) is 8.17 Å². The lowest BCUT2D eigenvalue weighted by molar-refractivity contribution is 0.660. The van der Waals surface area contributed by atoms with Gasteiger partial charge in [-0.3, -0.25) is 0 Å². The molecule has 1 aliphatic rings. The molecule has 71 heavy (non-hydrogen) atoms. The lowest BCUT2D eigenvalue weighted by Crippen LogP contribution is -2.16. The Labute approximate surface area is 416 Å². The van der Waals surface area contributed by atoms with Gasteiger partial charge in [0.1, 0.15) is 0 Å². The highest BCUT2D eigenvalue weighted by molar-refractivity contribution is 6.11. The number of rotatable bonds is 9. The Hall–Kier alpha value is -8.98. The number of benzene rings is 11. The van der Waals surface area contributed by atoms with Crippen LogP contribution in [0.15, 0.2) is 267 Å². The van der Waals surface area contributed by atoms with Gasteiger partial charge in [-0.05, 0) is 133 Å². The summed E-state index contributed by atoms with van der Waals surface area (Å²) in [5.74, 6) is 0. The molecule has 0 saturated carbocycles. The molecule has 0 unspecified atom stereocenters. The molecule has 13 rings (SSSR count). The van der Waals surface area contributed by atoms with Crippen LogP contribution in [0.1, 0.15) is 25.0 Å². The van der Waals surface area contributed by atoms with E-state index in [4.69, 9.17) is 0 Å². The Morgan fingerprint density at radius 1 is 0.282 bits per heavy atom. The summed E-state index contributed by atoms with van der Waals surface area (Å²) in [6, 6.07) is 97.7. The minimum absolute atomic E-state index is 0.115. The molecule has 0 amide bonds. The van der Waals surface area contributed by atoms with Gasteiger partial charge in [0, 0.05) is 38.8 Å². The van der Waals surface area contributed by atoms with Gasteiger partial charge >= 0.3 is 0 Å². The smallest absolute Gasteiger partial charge is 0.0541 e. The predicted octanol–water partition coefficient (Wildman–Crippen LogP) is 18.9. The molecule has 0 saturated heterocycles. The molecule has 1 heterocycles. The summed E-state index contributed by atoms with van der Waals surface area (Å²) in [6.07, 6.45) is 0. The molecule has 11 aromatic carbocycles. The van der Waals surface area contributed by atoms with Gasteiger partial charge in [0.05, 0.1) is 16.7 Å². The molecule has 0 radical (unpaired) electrons. The van der Waals surface area contributed by atoms with Crippen molar-refractivity contribution in [3.63, 3.8) is 0 Å². The maximum atomic E-state index is 2.44. The van der Waals surface area contributed by atoms with Gasteiger partial charge in [-0.1, -0.05) is 220 Å². The first-order valence-electron chi connectivity index (χ1n) is 24.7. The zero-order valence-corrected chi connectivity index (χ0v) is 39.8. The number of para-hydroxylation sites is 2. The number of aromatic nitrogens is 1. The molecule has 0 bridgehead atoms. The number of fused-ring (bicyclic) bond motifs is 6. The Bertz CT molecular complexity index is 3900. The van der Waals surface area contributed by atoms with Gasteiger partial charge in [0.25, 0.3) is 0 Å². The van der Waals surface area contributed by atoms with Gasteiger partial charge < -0.3 is 9.47 Å². The third-order valence-electron chi connectivity index (χ3n) is 14.9. The van der Waals surface area contributed by atoms with E-state index in [-0.39, 0.29) is 5.41 Å². The quantitative estimate of drug-likeness (QED) is 0.140. The van der Waals surface area contributed by atoms with Crippen molar-refractivity contribution in [2.45, 2.75) is 19.3 Å². The van der Waals surface area contributed by atoms with Crippen LogP contribution in [0.3, 0.4) is 0 Å². The SMILES string of the molecule is CC1(C)c2ccccc2-c2ccc(N(c3ccc(-c4ccc(-c5ccccc5)cc4)cc3)c3ccc(-c4ccc(-c5ccccc5-n5c6ccccc6c6cc(-c7ccccc7)ccc65)cc4)cc3)cc21. The molecule has 1 aliphatic carbocycles. The van der Waals surface area contributed by atoms with Crippen LogP contribution in [0.4, 0.5) is 17.1 Å². The number of anilines is 3. The summed E-state index contributed by atoms with van der Waals surface area (Å²) in [6.45, 7) is 4.71. The lowest BCUT2D eigenvalue weighted by Gasteiger charge is -2.28. The average Bonchev–Trinajstić information content (AvgIpc) is 3.89. The van der Waals surface area contributed by atoms with E-state index in [2.05, 4.69) is 290 Å². The maximum Gasteiger partial charge on any atom is 0.0541 e. The van der Waals surface area contributed by atoms with Crippen LogP contribution < -0.4 is 4.90 Å². The predicted molar refractivity (Wildman–Crippen MR) is 300 cm³/mol. The molecule has 0 spiro atoms. The normalized spacial score (nSPS) is 12.5. The summed E-state index contributed by atoms with van der Waals surface area (Å²) in [4.78, 5) is 2.41. The Balaban J connectivity index is 0.835. The zero-order chi connectivity index (χ0) is 47.5. The third-order valence-corrected chi connectivity index (χ3v) is 14.9. The monoisotopic (exact) mass is 906 g/mol. The molecule has 2 nitrogen and oxygen atoms in total. The van der Waals surface area contributed by atoms with Crippen LogP contribution in [-0.2, 0) is 5.41 Å². The molecule has 0 N–H and O–H groups in total. The third kappa shape index (κ3) is 7.35. The van der Waals surface area contributed by atoms with E-state index in [1.165, 1.54) is 99.7 Å². The first-order chi connectivity index (χ1) is 35.0. The van der Waals surface area contributed by atoms with Crippen molar-refractivity contribution in [2.75, 3.05) is 4.90 Å². The van der Waals surface area contributed by atoms with Crippen molar-refractivity contribution < 1.29 is 0 Å². The highest BCUT2D eigenvalue weighted by Crippen LogP contribution is 2.51. The second-order valence-electron chi connectivity index (χ2n) is 19.3. The fourth-order valence-corrected chi connectivity index (χ4v) is 11.2. The summed E-state index contributed by atoms with van der Waals surface area (Å²) in [7, 11) is 0. The van der Waals surface area contributed by atoms with Crippen LogP contribution >= 0.6 is 0 Å². The van der Waals surface area contributed by atoms with E-state index >= 15 is 0 Å². The second kappa shape index (κ2) is 17.2. The van der Waals surface area contributed by atoms with Crippen LogP contribution in [0, 0.1) is 0 Å². The first-order valence-corrected chi connectivity index (χ1v) is 24.7. The van der Waals surface area contributed by atoms with Gasteiger partial charge in [-0.15, -0.1) is 0 Å². The molecule has 1 aromatic heterocycles. The second-order valence-corrected chi connectivity index (χ2v) is 19.3. The van der Waals surface area contributed by atoms with E-state index in [9.17, 15) is 0 Å². The average molecular weight is 907 g/mol. The number of hydrogen-bond acceptors (Lipinski definition) is 1. The number of nitrogens with zero attached hydrogens (tertiary/aromatic N) is 2. The van der Waals surface area contributed by atoms with Crippen LogP contribution in [-0.4, -0.2) is 4.57 Å². The van der Waals surface area contributed by atoms with Crippen LogP contribution in [0.2, 0.25) is 0 Å². The highest BCUT2D eigenvalue weighted by Gasteiger charge is 2.35. The highest BCUT2D eigenvalue weighted by atomic mass is 15.1. The standard InChI is InChI=1S/C69H50N2/c1-69(2)64-22-12-9-20-60(64)61-43-42-58(46-65(61)69)70(56-38-33-52(34-39-56)50-27-25-49(26-28-50)47-15-5-3-6-16-47)57-40-35-53(36-41-57)51-29-31-54(32-30-51)59-19-10-13-23-66(59)71-67-24-14-11-21-62(67)63-45-55(37-44-68(63)71)48-17-7-4-8-18-48/h3-46H,1-2H3. The van der Waals surface area contributed by atoms with Crippen molar-refractivity contribution in [3.05, 3.63) is 278 Å². The van der Waals surface area contributed by atoms with Crippen LogP contribution in [0.25, 0.3) is 94.3 Å². The maximum absolute atomic E-state index is 2.44. The van der Waals surface area contributed by atoms with Gasteiger partial charge in [0.2, 0.25) is 0 Å². The summed E-state index contributed by atoms with van der Waals surface area (Å²) in [5, 5.41) is 2.50. The molecular formula is C69H50N2. The molecule has 0 fully saturated rings. The molecule has 0 atom stereocenters. The Morgan fingerprint density at radius 2 is 0.704 bits per heavy atom. The van der Waals surface area contributed by atoms with Crippen molar-refractivity contribution in [1.82, 2.24) is 4.57 Å². The first kappa shape index (κ1) is 42.1. The summed E-state index contributed by atoms with van der Waals surface area (Å²) < 4.78 is 2.44. The van der Waals surface area contributed by atoms with E-state index in [1.54, 1.807) is 0 Å². The van der Waals surface area contributed by atoms with E-state index in [0.717, 1.165) is 22.7 Å². The molecule has 0 aliphatic heterocycles. The lowest BCUT2D eigenvalue weighted by atomic mass is 9.82. The fraction of sp³-hybridized carbons (Fsp3) is 0.0435. The molecule has 336 valence electrons. The van der Waals surface area contributed by atoms with Crippen LogP contribution in [0.5, 0.6) is 0 Å². The Kier molecular flexibility index (Phi) is 10.2. The van der Waals surface area contributed by atoms with E-state index in [1.807, 2.05) is 0 Å². The summed E-state index contributed by atoms with van der Waals surface area (Å²) >= 11 is 0. The minimum Gasteiger partial charge on any atom is -0.310 e. The fourth-order valence-electron chi connectivity index (χ4n) is 11.2. The van der Waals surface area contributed by atoms with Crippen molar-refractivity contribution in [2.24, 2.45) is 0 Å². The number of hydrogen-bond donors (Lipinski definition) is 0. The van der Waals surface area contributed by atoms with Crippen molar-refractivity contribution in [3.8, 4) is 72.4 Å². The van der Waals surface area contributed by atoms with E-state index < -0.39 is 0 Å². The molecule has 2 heteroatoms. The Morgan fingerprint density at radius 3 is 1.32 bits per heavy atom. The van der Waals surface area contributed by atoms with Gasteiger partial charge in [-0.25, -0.2) is 0 Å². The zero-order valence-electron chi connectivity index (χ0n) is 39.8. The van der Waals surface area contributed by atoms with Gasteiger partial charge in [0.15, 0.2) is 0 Å². The van der Waals surface area contributed by atoms with E-state index in [0.29, 0.717) is 0 Å². The summed E-state index contributed by atoms with van der Waals surface area (Å²) in [5.41, 5.74) is 24.2. The largest absolute Gasteiger partial charge is 0.310 e. The van der Waals surface area contributed by atoms with Gasteiger partial charge in [-0.2, -0.15) is 0 Å².